The second-order valence-electron chi connectivity index (χ2n) is 8.81. The van der Waals surface area contributed by atoms with Crippen LogP contribution in [-0.4, -0.2) is 73.0 Å². The van der Waals surface area contributed by atoms with Crippen molar-refractivity contribution in [3.8, 4) is 0 Å². The van der Waals surface area contributed by atoms with Crippen molar-refractivity contribution in [2.45, 2.75) is 58.4 Å². The summed E-state index contributed by atoms with van der Waals surface area (Å²) in [5.74, 6) is 0.0644. The molecular weight excluding hydrogens is 358 g/mol. The van der Waals surface area contributed by atoms with Gasteiger partial charge in [-0.1, -0.05) is 26.7 Å². The fourth-order valence-corrected chi connectivity index (χ4v) is 4.83. The first-order valence-corrected chi connectivity index (χ1v) is 10.9. The number of nitrogens with zero attached hydrogens (tertiary/aromatic N) is 2. The lowest BCUT2D eigenvalue weighted by molar-refractivity contribution is -0.140. The molecule has 7 heteroatoms. The topological polar surface area (TPSA) is 79.0 Å². The SMILES string of the molecule is CC(C)CC(CNC(=O)CCN1C(=O)C2CCCCC2C1=O)N1CCOCC1. The standard InChI is InChI=1S/C21H35N3O4/c1-15(2)13-16(23-9-11-28-12-10-23)14-22-19(25)7-8-24-20(26)17-5-3-4-6-18(17)21(24)27/h15-18H,3-14H2,1-2H3,(H,22,25). The van der Waals surface area contributed by atoms with E-state index in [9.17, 15) is 14.4 Å². The number of nitrogens with one attached hydrogen (secondary N) is 1. The number of ether oxygens (including phenoxy) is 1. The molecular formula is C21H35N3O4. The van der Waals surface area contributed by atoms with Crippen molar-refractivity contribution in [1.29, 1.82) is 0 Å². The van der Waals surface area contributed by atoms with Crippen molar-refractivity contribution >= 4 is 17.7 Å². The zero-order valence-corrected chi connectivity index (χ0v) is 17.3. The molecule has 0 aromatic rings. The van der Waals surface area contributed by atoms with Crippen molar-refractivity contribution in [2.24, 2.45) is 17.8 Å². The Hall–Kier alpha value is -1.47. The highest BCUT2D eigenvalue weighted by Gasteiger charge is 2.47. The Bertz CT molecular complexity index is 550. The Morgan fingerprint density at radius 1 is 1.11 bits per heavy atom. The summed E-state index contributed by atoms with van der Waals surface area (Å²) < 4.78 is 5.44. The van der Waals surface area contributed by atoms with Crippen molar-refractivity contribution in [1.82, 2.24) is 15.1 Å². The Labute approximate surface area is 168 Å². The molecule has 1 aliphatic carbocycles. The summed E-state index contributed by atoms with van der Waals surface area (Å²) in [6, 6.07) is 0.297. The third-order valence-corrected chi connectivity index (χ3v) is 6.34. The van der Waals surface area contributed by atoms with Crippen LogP contribution in [-0.2, 0) is 19.1 Å². The average molecular weight is 394 g/mol. The van der Waals surface area contributed by atoms with Crippen LogP contribution in [0.3, 0.4) is 0 Å². The lowest BCUT2D eigenvalue weighted by Gasteiger charge is -2.35. The zero-order valence-electron chi connectivity index (χ0n) is 17.3. The summed E-state index contributed by atoms with van der Waals surface area (Å²) in [5.41, 5.74) is 0. The summed E-state index contributed by atoms with van der Waals surface area (Å²) in [6.45, 7) is 8.47. The van der Waals surface area contributed by atoms with Gasteiger partial charge in [0.2, 0.25) is 17.7 Å². The van der Waals surface area contributed by atoms with Gasteiger partial charge in [-0.3, -0.25) is 24.2 Å². The van der Waals surface area contributed by atoms with Gasteiger partial charge in [-0.2, -0.15) is 0 Å². The molecule has 0 radical (unpaired) electrons. The Morgan fingerprint density at radius 2 is 1.71 bits per heavy atom. The predicted octanol–water partition coefficient (Wildman–Crippen LogP) is 1.41. The summed E-state index contributed by atoms with van der Waals surface area (Å²) in [7, 11) is 0. The second-order valence-corrected chi connectivity index (χ2v) is 8.81. The smallest absolute Gasteiger partial charge is 0.233 e. The molecule has 28 heavy (non-hydrogen) atoms. The highest BCUT2D eigenvalue weighted by atomic mass is 16.5. The number of carbonyl (C=O) groups is 3. The zero-order chi connectivity index (χ0) is 20.1. The van der Waals surface area contributed by atoms with Crippen LogP contribution < -0.4 is 5.32 Å². The van der Waals surface area contributed by atoms with E-state index in [2.05, 4.69) is 24.1 Å². The second kappa shape index (κ2) is 9.83. The molecule has 2 aliphatic heterocycles. The van der Waals surface area contributed by atoms with E-state index in [1.807, 2.05) is 0 Å². The van der Waals surface area contributed by atoms with Crippen LogP contribution in [0.1, 0.15) is 52.4 Å². The number of carbonyl (C=O) groups excluding carboxylic acids is 3. The first-order valence-electron chi connectivity index (χ1n) is 10.9. The third kappa shape index (κ3) is 5.11. The summed E-state index contributed by atoms with van der Waals surface area (Å²) in [6.07, 6.45) is 4.88. The first kappa shape index (κ1) is 21.2. The number of likely N-dealkylation sites (tertiary alicyclic amines) is 1. The van der Waals surface area contributed by atoms with Crippen LogP contribution in [0.5, 0.6) is 0 Å². The molecule has 3 rings (SSSR count). The highest BCUT2D eigenvalue weighted by molar-refractivity contribution is 6.05. The quantitative estimate of drug-likeness (QED) is 0.631. The number of morpholine rings is 1. The van der Waals surface area contributed by atoms with Crippen molar-refractivity contribution < 1.29 is 19.1 Å². The van der Waals surface area contributed by atoms with Crippen LogP contribution in [0, 0.1) is 17.8 Å². The maximum Gasteiger partial charge on any atom is 0.233 e. The van der Waals surface area contributed by atoms with Gasteiger partial charge in [0, 0.05) is 38.6 Å². The highest BCUT2D eigenvalue weighted by Crippen LogP contribution is 2.37. The monoisotopic (exact) mass is 393 g/mol. The molecule has 3 unspecified atom stereocenters. The van der Waals surface area contributed by atoms with E-state index >= 15 is 0 Å². The van der Waals surface area contributed by atoms with Gasteiger partial charge in [0.05, 0.1) is 25.0 Å². The molecule has 3 aliphatic rings. The molecule has 3 atom stereocenters. The van der Waals surface area contributed by atoms with Crippen LogP contribution in [0.15, 0.2) is 0 Å². The average Bonchev–Trinajstić information content (AvgIpc) is 2.94. The van der Waals surface area contributed by atoms with Crippen molar-refractivity contribution in [3.63, 3.8) is 0 Å². The molecule has 0 aromatic heterocycles. The van der Waals surface area contributed by atoms with E-state index in [4.69, 9.17) is 4.74 Å². The number of hydrogen-bond donors (Lipinski definition) is 1. The van der Waals surface area contributed by atoms with Gasteiger partial charge in [-0.15, -0.1) is 0 Å². The fourth-order valence-electron chi connectivity index (χ4n) is 4.83. The summed E-state index contributed by atoms with van der Waals surface area (Å²) in [5, 5.41) is 3.03. The molecule has 1 saturated carbocycles. The first-order chi connectivity index (χ1) is 13.5. The molecule has 1 N–H and O–H groups in total. The van der Waals surface area contributed by atoms with Gasteiger partial charge < -0.3 is 10.1 Å². The summed E-state index contributed by atoms with van der Waals surface area (Å²) >= 11 is 0. The van der Waals surface area contributed by atoms with Gasteiger partial charge in [0.25, 0.3) is 0 Å². The van der Waals surface area contributed by atoms with Gasteiger partial charge in [0.1, 0.15) is 0 Å². The molecule has 2 saturated heterocycles. The molecule has 158 valence electrons. The van der Waals surface area contributed by atoms with E-state index in [-0.39, 0.29) is 42.5 Å². The van der Waals surface area contributed by atoms with E-state index < -0.39 is 0 Å². The lowest BCUT2D eigenvalue weighted by atomic mass is 9.81. The number of fused-ring (bicyclic) bond motifs is 1. The van der Waals surface area contributed by atoms with Gasteiger partial charge in [-0.25, -0.2) is 0 Å². The van der Waals surface area contributed by atoms with Crippen molar-refractivity contribution in [3.05, 3.63) is 0 Å². The summed E-state index contributed by atoms with van der Waals surface area (Å²) in [4.78, 5) is 41.2. The molecule has 0 bridgehead atoms. The van der Waals surface area contributed by atoms with Crippen molar-refractivity contribution in [2.75, 3.05) is 39.4 Å². The number of imide groups is 1. The van der Waals surface area contributed by atoms with Gasteiger partial charge in [0.15, 0.2) is 0 Å². The minimum atomic E-state index is -0.138. The van der Waals surface area contributed by atoms with Crippen LogP contribution in [0.25, 0.3) is 0 Å². The third-order valence-electron chi connectivity index (χ3n) is 6.34. The van der Waals surface area contributed by atoms with Crippen LogP contribution in [0.2, 0.25) is 0 Å². The van der Waals surface area contributed by atoms with E-state index in [0.29, 0.717) is 18.5 Å². The number of amides is 3. The predicted molar refractivity (Wildman–Crippen MR) is 105 cm³/mol. The molecule has 0 aromatic carbocycles. The van der Waals surface area contributed by atoms with Crippen LogP contribution >= 0.6 is 0 Å². The van der Waals surface area contributed by atoms with E-state index in [1.54, 1.807) is 0 Å². The molecule has 2 heterocycles. The minimum Gasteiger partial charge on any atom is -0.379 e. The molecule has 7 nitrogen and oxygen atoms in total. The number of rotatable bonds is 8. The maximum atomic E-state index is 12.5. The molecule has 3 fully saturated rings. The lowest BCUT2D eigenvalue weighted by Crippen LogP contribution is -2.49. The van der Waals surface area contributed by atoms with Crippen LogP contribution in [0.4, 0.5) is 0 Å². The fraction of sp³-hybridized carbons (Fsp3) is 0.857. The minimum absolute atomic E-state index is 0.0616. The van der Waals surface area contributed by atoms with Gasteiger partial charge >= 0.3 is 0 Å². The normalized spacial score (nSPS) is 27.2. The Balaban J connectivity index is 1.46. The molecule has 3 amide bonds. The number of hydrogen-bond acceptors (Lipinski definition) is 5. The van der Waals surface area contributed by atoms with E-state index in [0.717, 1.165) is 58.4 Å². The van der Waals surface area contributed by atoms with Gasteiger partial charge in [-0.05, 0) is 25.2 Å². The molecule has 0 spiro atoms. The van der Waals surface area contributed by atoms with E-state index in [1.165, 1.54) is 4.90 Å². The largest absolute Gasteiger partial charge is 0.379 e. The Kier molecular flexibility index (Phi) is 7.46. The maximum absolute atomic E-state index is 12.5. The Morgan fingerprint density at radius 3 is 2.29 bits per heavy atom.